The first-order valence-electron chi connectivity index (χ1n) is 5.25. The standard InChI is InChI=1S/C12H16O2S/c1-4-12(8-6-5-7-15-8)9(10(13)14)11(12,2)3/h5-7,9H,4H2,1-3H3,(H,13,14). The minimum atomic E-state index is -0.657. The number of aliphatic carboxylic acids is 1. The molecule has 0 amide bonds. The molecule has 2 atom stereocenters. The van der Waals surface area contributed by atoms with Crippen LogP contribution in [0.5, 0.6) is 0 Å². The SMILES string of the molecule is CCC1(c2cccs2)C(C(=O)O)C1(C)C. The number of hydrogen-bond acceptors (Lipinski definition) is 2. The van der Waals surface area contributed by atoms with Gasteiger partial charge in [-0.3, -0.25) is 4.79 Å². The highest BCUT2D eigenvalue weighted by Gasteiger charge is 2.74. The summed E-state index contributed by atoms with van der Waals surface area (Å²) in [4.78, 5) is 12.5. The molecule has 1 N–H and O–H groups in total. The van der Waals surface area contributed by atoms with Gasteiger partial charge in [0.05, 0.1) is 5.92 Å². The number of carbonyl (C=O) groups is 1. The molecule has 3 heteroatoms. The Morgan fingerprint density at radius 2 is 2.27 bits per heavy atom. The van der Waals surface area contributed by atoms with Gasteiger partial charge in [0.1, 0.15) is 0 Å². The van der Waals surface area contributed by atoms with E-state index >= 15 is 0 Å². The molecule has 0 bridgehead atoms. The van der Waals surface area contributed by atoms with Crippen molar-refractivity contribution >= 4 is 17.3 Å². The Morgan fingerprint density at radius 3 is 2.60 bits per heavy atom. The van der Waals surface area contributed by atoms with Crippen LogP contribution in [-0.4, -0.2) is 11.1 Å². The fraction of sp³-hybridized carbons (Fsp3) is 0.583. The second-order valence-electron chi connectivity index (χ2n) is 4.80. The van der Waals surface area contributed by atoms with E-state index in [1.54, 1.807) is 11.3 Å². The van der Waals surface area contributed by atoms with E-state index in [4.69, 9.17) is 0 Å². The summed E-state index contributed by atoms with van der Waals surface area (Å²) in [6.45, 7) is 6.22. The Labute approximate surface area is 93.9 Å². The Hall–Kier alpha value is -0.830. The summed E-state index contributed by atoms with van der Waals surface area (Å²) in [5, 5.41) is 11.3. The second kappa shape index (κ2) is 3.08. The van der Waals surface area contributed by atoms with Gasteiger partial charge in [-0.05, 0) is 23.3 Å². The van der Waals surface area contributed by atoms with E-state index in [0.29, 0.717) is 0 Å². The van der Waals surface area contributed by atoms with Gasteiger partial charge in [0.25, 0.3) is 0 Å². The third-order valence-corrected chi connectivity index (χ3v) is 5.09. The smallest absolute Gasteiger partial charge is 0.308 e. The molecular weight excluding hydrogens is 208 g/mol. The predicted octanol–water partition coefficient (Wildman–Crippen LogP) is 3.14. The normalized spacial score (nSPS) is 32.6. The summed E-state index contributed by atoms with van der Waals surface area (Å²) in [5.74, 6) is -0.885. The summed E-state index contributed by atoms with van der Waals surface area (Å²) < 4.78 is 0. The molecule has 1 aromatic heterocycles. The zero-order chi connectivity index (χ0) is 11.3. The van der Waals surface area contributed by atoms with Gasteiger partial charge in [0.2, 0.25) is 0 Å². The summed E-state index contributed by atoms with van der Waals surface area (Å²) in [6, 6.07) is 4.07. The first-order valence-corrected chi connectivity index (χ1v) is 6.13. The monoisotopic (exact) mass is 224 g/mol. The minimum Gasteiger partial charge on any atom is -0.481 e. The molecule has 1 aliphatic carbocycles. The molecule has 1 fully saturated rings. The number of hydrogen-bond donors (Lipinski definition) is 1. The molecule has 1 saturated carbocycles. The zero-order valence-corrected chi connectivity index (χ0v) is 10.1. The molecule has 0 aliphatic heterocycles. The first kappa shape index (κ1) is 10.7. The maximum Gasteiger partial charge on any atom is 0.308 e. The molecule has 1 aromatic rings. The molecule has 15 heavy (non-hydrogen) atoms. The number of rotatable bonds is 3. The molecule has 1 aliphatic rings. The van der Waals surface area contributed by atoms with Gasteiger partial charge in [-0.2, -0.15) is 0 Å². The molecule has 2 nitrogen and oxygen atoms in total. The average molecular weight is 224 g/mol. The van der Waals surface area contributed by atoms with E-state index in [2.05, 4.69) is 26.8 Å². The highest BCUT2D eigenvalue weighted by atomic mass is 32.1. The van der Waals surface area contributed by atoms with E-state index in [0.717, 1.165) is 6.42 Å². The predicted molar refractivity (Wildman–Crippen MR) is 61.2 cm³/mol. The van der Waals surface area contributed by atoms with Crippen LogP contribution in [-0.2, 0) is 10.2 Å². The van der Waals surface area contributed by atoms with E-state index in [9.17, 15) is 9.90 Å². The van der Waals surface area contributed by atoms with Crippen LogP contribution in [0.4, 0.5) is 0 Å². The van der Waals surface area contributed by atoms with Crippen LogP contribution in [0.3, 0.4) is 0 Å². The third-order valence-electron chi connectivity index (χ3n) is 4.05. The summed E-state index contributed by atoms with van der Waals surface area (Å²) >= 11 is 1.68. The lowest BCUT2D eigenvalue weighted by atomic mass is 9.91. The Kier molecular flexibility index (Phi) is 2.19. The van der Waals surface area contributed by atoms with Crippen LogP contribution >= 0.6 is 11.3 Å². The quantitative estimate of drug-likeness (QED) is 0.856. The molecule has 2 unspecified atom stereocenters. The number of thiophene rings is 1. The van der Waals surface area contributed by atoms with Crippen molar-refractivity contribution in [2.24, 2.45) is 11.3 Å². The Bertz CT molecular complexity index is 380. The van der Waals surface area contributed by atoms with Gasteiger partial charge < -0.3 is 5.11 Å². The largest absolute Gasteiger partial charge is 0.481 e. The lowest BCUT2D eigenvalue weighted by Crippen LogP contribution is -2.13. The summed E-state index contributed by atoms with van der Waals surface area (Å²) in [5.41, 5.74) is -0.245. The topological polar surface area (TPSA) is 37.3 Å². The summed E-state index contributed by atoms with van der Waals surface area (Å²) in [7, 11) is 0. The van der Waals surface area contributed by atoms with Crippen LogP contribution in [0.2, 0.25) is 0 Å². The van der Waals surface area contributed by atoms with Crippen LogP contribution < -0.4 is 0 Å². The van der Waals surface area contributed by atoms with Gasteiger partial charge in [-0.15, -0.1) is 11.3 Å². The van der Waals surface area contributed by atoms with Crippen LogP contribution in [0, 0.1) is 11.3 Å². The van der Waals surface area contributed by atoms with Crippen LogP contribution in [0.15, 0.2) is 17.5 Å². The molecule has 0 saturated heterocycles. The maximum absolute atomic E-state index is 11.3. The van der Waals surface area contributed by atoms with E-state index in [1.165, 1.54) is 4.88 Å². The van der Waals surface area contributed by atoms with E-state index in [-0.39, 0.29) is 16.7 Å². The Balaban J connectivity index is 2.46. The zero-order valence-electron chi connectivity index (χ0n) is 9.28. The number of carboxylic acid groups (broad SMARTS) is 1. The lowest BCUT2D eigenvalue weighted by Gasteiger charge is -2.15. The number of carboxylic acids is 1. The van der Waals surface area contributed by atoms with E-state index in [1.807, 2.05) is 11.4 Å². The van der Waals surface area contributed by atoms with Gasteiger partial charge in [0, 0.05) is 10.3 Å². The molecule has 82 valence electrons. The molecule has 1 heterocycles. The van der Waals surface area contributed by atoms with Crippen molar-refractivity contribution in [2.45, 2.75) is 32.6 Å². The van der Waals surface area contributed by atoms with Crippen molar-refractivity contribution in [2.75, 3.05) is 0 Å². The van der Waals surface area contributed by atoms with Gasteiger partial charge >= 0.3 is 5.97 Å². The van der Waals surface area contributed by atoms with Gasteiger partial charge in [0.15, 0.2) is 0 Å². The highest BCUT2D eigenvalue weighted by Crippen LogP contribution is 2.71. The first-order chi connectivity index (χ1) is 6.98. The van der Waals surface area contributed by atoms with Crippen molar-refractivity contribution in [1.29, 1.82) is 0 Å². The lowest BCUT2D eigenvalue weighted by molar-refractivity contribution is -0.139. The van der Waals surface area contributed by atoms with Crippen molar-refractivity contribution < 1.29 is 9.90 Å². The fourth-order valence-corrected chi connectivity index (χ4v) is 4.40. The highest BCUT2D eigenvalue weighted by molar-refractivity contribution is 7.10. The van der Waals surface area contributed by atoms with E-state index < -0.39 is 5.97 Å². The molecule has 0 radical (unpaired) electrons. The van der Waals surface area contributed by atoms with Gasteiger partial charge in [-0.1, -0.05) is 26.8 Å². The molecule has 0 spiro atoms. The van der Waals surface area contributed by atoms with Crippen molar-refractivity contribution in [3.8, 4) is 0 Å². The molecule has 2 rings (SSSR count). The molecular formula is C12H16O2S. The maximum atomic E-state index is 11.3. The minimum absolute atomic E-state index is 0.113. The fourth-order valence-electron chi connectivity index (χ4n) is 3.20. The van der Waals surface area contributed by atoms with Gasteiger partial charge in [-0.25, -0.2) is 0 Å². The second-order valence-corrected chi connectivity index (χ2v) is 5.74. The molecule has 0 aromatic carbocycles. The Morgan fingerprint density at radius 1 is 1.60 bits per heavy atom. The van der Waals surface area contributed by atoms with Crippen molar-refractivity contribution in [1.82, 2.24) is 0 Å². The van der Waals surface area contributed by atoms with Crippen LogP contribution in [0.1, 0.15) is 32.1 Å². The average Bonchev–Trinajstić information content (AvgIpc) is 2.56. The van der Waals surface area contributed by atoms with Crippen LogP contribution in [0.25, 0.3) is 0 Å². The van der Waals surface area contributed by atoms with Crippen molar-refractivity contribution in [3.05, 3.63) is 22.4 Å². The summed E-state index contributed by atoms with van der Waals surface area (Å²) in [6.07, 6.45) is 0.900. The van der Waals surface area contributed by atoms with Crippen molar-refractivity contribution in [3.63, 3.8) is 0 Å². The third kappa shape index (κ3) is 1.13.